The minimum Gasteiger partial charge on any atom is -0.310 e. The van der Waals surface area contributed by atoms with Gasteiger partial charge in [0.2, 0.25) is 0 Å². The second-order valence-electron chi connectivity index (χ2n) is 15.1. The lowest BCUT2D eigenvalue weighted by Crippen LogP contribution is -2.23. The van der Waals surface area contributed by atoms with Crippen molar-refractivity contribution in [1.82, 2.24) is 0 Å². The zero-order valence-corrected chi connectivity index (χ0v) is 29.6. The molecule has 0 radical (unpaired) electrons. The summed E-state index contributed by atoms with van der Waals surface area (Å²) in [5, 5.41) is 0. The third-order valence-corrected chi connectivity index (χ3v) is 10.3. The zero-order valence-electron chi connectivity index (χ0n) is 29.6. The monoisotopic (exact) mass is 645 g/mol. The molecule has 244 valence electrons. The lowest BCUT2D eigenvalue weighted by Gasteiger charge is -2.36. The topological polar surface area (TPSA) is 3.24 Å². The van der Waals surface area contributed by atoms with Crippen LogP contribution in [0.3, 0.4) is 0 Å². The van der Waals surface area contributed by atoms with E-state index in [1.165, 1.54) is 72.6 Å². The molecule has 8 rings (SSSR count). The summed E-state index contributed by atoms with van der Waals surface area (Å²) in [7, 11) is 0. The van der Waals surface area contributed by atoms with Crippen LogP contribution in [0.4, 0.5) is 17.1 Å². The standard InChI is InChI=1S/C49H43N/c1-48(2,3)44-33-37(34-18-9-6-10-19-34)28-29-45(44)50(46-27-17-25-42-41-24-15-16-26-43(41)49(4,5)47(42)46)40-31-38(35-20-11-7-12-21-35)30-39(32-40)36-22-13-8-14-23-36/h6-33H,1-5H3. The van der Waals surface area contributed by atoms with Gasteiger partial charge in [-0.15, -0.1) is 0 Å². The summed E-state index contributed by atoms with van der Waals surface area (Å²) in [5.74, 6) is 0. The van der Waals surface area contributed by atoms with Crippen molar-refractivity contribution >= 4 is 17.1 Å². The molecule has 0 N–H and O–H groups in total. The fourth-order valence-electron chi connectivity index (χ4n) is 7.89. The number of benzene rings is 7. The van der Waals surface area contributed by atoms with Crippen LogP contribution >= 0.6 is 0 Å². The molecular weight excluding hydrogens is 603 g/mol. The van der Waals surface area contributed by atoms with Crippen molar-refractivity contribution in [1.29, 1.82) is 0 Å². The van der Waals surface area contributed by atoms with Crippen LogP contribution in [0.5, 0.6) is 0 Å². The van der Waals surface area contributed by atoms with Crippen molar-refractivity contribution in [2.24, 2.45) is 0 Å². The Hall–Kier alpha value is -5.66. The molecule has 0 aromatic heterocycles. The van der Waals surface area contributed by atoms with Crippen molar-refractivity contribution in [2.45, 2.75) is 45.4 Å². The van der Waals surface area contributed by atoms with E-state index in [9.17, 15) is 0 Å². The Bertz CT molecular complexity index is 2250. The molecule has 1 heteroatoms. The molecule has 1 nitrogen and oxygen atoms in total. The Kier molecular flexibility index (Phi) is 7.80. The molecule has 0 aliphatic heterocycles. The molecule has 0 spiro atoms. The summed E-state index contributed by atoms with van der Waals surface area (Å²) >= 11 is 0. The SMILES string of the molecule is CC(C)(C)c1cc(-c2ccccc2)ccc1N(c1cc(-c2ccccc2)cc(-c2ccccc2)c1)c1cccc2c1C(C)(C)c1ccccc1-2. The van der Waals surface area contributed by atoms with Crippen molar-refractivity contribution in [2.75, 3.05) is 4.90 Å². The summed E-state index contributed by atoms with van der Waals surface area (Å²) < 4.78 is 0. The number of nitrogens with zero attached hydrogens (tertiary/aromatic N) is 1. The highest BCUT2D eigenvalue weighted by atomic mass is 15.1. The Morgan fingerprint density at radius 1 is 0.420 bits per heavy atom. The minimum atomic E-state index is -0.189. The van der Waals surface area contributed by atoms with Crippen LogP contribution < -0.4 is 4.90 Å². The average Bonchev–Trinajstić information content (AvgIpc) is 3.39. The third kappa shape index (κ3) is 5.53. The molecule has 0 heterocycles. The first kappa shape index (κ1) is 31.6. The van der Waals surface area contributed by atoms with Gasteiger partial charge in [0.1, 0.15) is 0 Å². The molecule has 50 heavy (non-hydrogen) atoms. The number of rotatable bonds is 6. The van der Waals surface area contributed by atoms with Crippen LogP contribution in [0.1, 0.15) is 51.3 Å². The minimum absolute atomic E-state index is 0.131. The van der Waals surface area contributed by atoms with E-state index >= 15 is 0 Å². The zero-order chi connectivity index (χ0) is 34.5. The van der Waals surface area contributed by atoms with Gasteiger partial charge < -0.3 is 4.90 Å². The highest BCUT2D eigenvalue weighted by molar-refractivity contribution is 5.93. The van der Waals surface area contributed by atoms with E-state index in [0.29, 0.717) is 0 Å². The second-order valence-corrected chi connectivity index (χ2v) is 15.1. The molecule has 0 amide bonds. The van der Waals surface area contributed by atoms with Gasteiger partial charge >= 0.3 is 0 Å². The molecule has 7 aromatic carbocycles. The van der Waals surface area contributed by atoms with Gasteiger partial charge in [-0.25, -0.2) is 0 Å². The van der Waals surface area contributed by atoms with Crippen molar-refractivity contribution in [3.8, 4) is 44.5 Å². The molecule has 0 saturated heterocycles. The average molecular weight is 646 g/mol. The lowest BCUT2D eigenvalue weighted by atomic mass is 9.80. The van der Waals surface area contributed by atoms with E-state index in [1.54, 1.807) is 0 Å². The van der Waals surface area contributed by atoms with Crippen LogP contribution in [-0.2, 0) is 10.8 Å². The maximum absolute atomic E-state index is 2.56. The predicted octanol–water partition coefficient (Wildman–Crippen LogP) is 13.8. The fourth-order valence-corrected chi connectivity index (χ4v) is 7.89. The summed E-state index contributed by atoms with van der Waals surface area (Å²) in [6.45, 7) is 11.8. The summed E-state index contributed by atoms with van der Waals surface area (Å²) in [5.41, 5.74) is 17.2. The van der Waals surface area contributed by atoms with Gasteiger partial charge in [-0.2, -0.15) is 0 Å². The quantitative estimate of drug-likeness (QED) is 0.174. The first-order valence-corrected chi connectivity index (χ1v) is 17.7. The highest BCUT2D eigenvalue weighted by Crippen LogP contribution is 2.55. The normalized spacial score (nSPS) is 13.1. The molecule has 1 aliphatic carbocycles. The molecular formula is C49H43N. The molecule has 0 fully saturated rings. The molecule has 7 aromatic rings. The van der Waals surface area contributed by atoms with Gasteiger partial charge in [-0.3, -0.25) is 0 Å². The summed E-state index contributed by atoms with van der Waals surface area (Å²) in [6, 6.07) is 62.3. The van der Waals surface area contributed by atoms with Gasteiger partial charge in [0.25, 0.3) is 0 Å². The number of anilines is 3. The molecule has 0 atom stereocenters. The van der Waals surface area contributed by atoms with Crippen LogP contribution in [0, 0.1) is 0 Å². The van der Waals surface area contributed by atoms with Crippen LogP contribution in [0.25, 0.3) is 44.5 Å². The van der Waals surface area contributed by atoms with Crippen molar-refractivity contribution < 1.29 is 0 Å². The third-order valence-electron chi connectivity index (χ3n) is 10.3. The highest BCUT2D eigenvalue weighted by Gasteiger charge is 2.39. The van der Waals surface area contributed by atoms with E-state index in [2.05, 4.69) is 209 Å². The molecule has 1 aliphatic rings. The summed E-state index contributed by atoms with van der Waals surface area (Å²) in [6.07, 6.45) is 0. The van der Waals surface area contributed by atoms with Crippen molar-refractivity contribution in [3.05, 3.63) is 187 Å². The van der Waals surface area contributed by atoms with Crippen LogP contribution in [-0.4, -0.2) is 0 Å². The molecule has 0 bridgehead atoms. The molecule has 0 unspecified atom stereocenters. The fraction of sp³-hybridized carbons (Fsp3) is 0.143. The maximum atomic E-state index is 2.56. The van der Waals surface area contributed by atoms with E-state index in [-0.39, 0.29) is 10.8 Å². The Balaban J connectivity index is 1.45. The van der Waals surface area contributed by atoms with Crippen LogP contribution in [0.15, 0.2) is 170 Å². The first-order chi connectivity index (χ1) is 24.2. The van der Waals surface area contributed by atoms with E-state index in [4.69, 9.17) is 0 Å². The number of hydrogen-bond acceptors (Lipinski definition) is 1. The molecule has 0 saturated carbocycles. The van der Waals surface area contributed by atoms with E-state index in [0.717, 1.165) is 5.69 Å². The van der Waals surface area contributed by atoms with Crippen molar-refractivity contribution in [3.63, 3.8) is 0 Å². The lowest BCUT2D eigenvalue weighted by molar-refractivity contribution is 0.591. The maximum Gasteiger partial charge on any atom is 0.0508 e. The van der Waals surface area contributed by atoms with Gasteiger partial charge in [0.15, 0.2) is 0 Å². The summed E-state index contributed by atoms with van der Waals surface area (Å²) in [4.78, 5) is 2.56. The first-order valence-electron chi connectivity index (χ1n) is 17.7. The number of hydrogen-bond donors (Lipinski definition) is 0. The smallest absolute Gasteiger partial charge is 0.0508 e. The van der Waals surface area contributed by atoms with Crippen LogP contribution in [0.2, 0.25) is 0 Å². The van der Waals surface area contributed by atoms with Gasteiger partial charge in [0, 0.05) is 16.8 Å². The Labute approximate surface area is 297 Å². The van der Waals surface area contributed by atoms with Gasteiger partial charge in [-0.1, -0.05) is 168 Å². The number of fused-ring (bicyclic) bond motifs is 3. The van der Waals surface area contributed by atoms with E-state index in [1.807, 2.05) is 0 Å². The second kappa shape index (κ2) is 12.3. The predicted molar refractivity (Wildman–Crippen MR) is 214 cm³/mol. The van der Waals surface area contributed by atoms with Gasteiger partial charge in [-0.05, 0) is 103 Å². The largest absolute Gasteiger partial charge is 0.310 e. The Morgan fingerprint density at radius 2 is 0.940 bits per heavy atom. The van der Waals surface area contributed by atoms with Gasteiger partial charge in [0.05, 0.1) is 5.69 Å². The van der Waals surface area contributed by atoms with E-state index < -0.39 is 0 Å². The Morgan fingerprint density at radius 3 is 1.52 bits per heavy atom.